The van der Waals surface area contributed by atoms with Crippen LogP contribution in [0.5, 0.6) is 0 Å². The van der Waals surface area contributed by atoms with Gasteiger partial charge in [-0.05, 0) is 36.6 Å². The molecule has 114 valence electrons. The van der Waals surface area contributed by atoms with Gasteiger partial charge in [0.2, 0.25) is 0 Å². The maximum absolute atomic E-state index is 3.63. The highest BCUT2D eigenvalue weighted by molar-refractivity contribution is 6.13. The first-order chi connectivity index (χ1) is 11.2. The zero-order valence-electron chi connectivity index (χ0n) is 13.5. The zero-order chi connectivity index (χ0) is 15.8. The van der Waals surface area contributed by atoms with Gasteiger partial charge < -0.3 is 10.3 Å². The fourth-order valence-electron chi connectivity index (χ4n) is 3.28. The van der Waals surface area contributed by atoms with Gasteiger partial charge in [-0.2, -0.15) is 0 Å². The van der Waals surface area contributed by atoms with Gasteiger partial charge in [-0.25, -0.2) is 0 Å². The van der Waals surface area contributed by atoms with Gasteiger partial charge in [0.1, 0.15) is 0 Å². The van der Waals surface area contributed by atoms with Crippen molar-refractivity contribution in [3.8, 4) is 0 Å². The van der Waals surface area contributed by atoms with E-state index in [0.717, 1.165) is 12.2 Å². The number of hydrogen-bond donors (Lipinski definition) is 2. The van der Waals surface area contributed by atoms with Crippen LogP contribution >= 0.6 is 0 Å². The molecule has 0 aliphatic carbocycles. The molecule has 0 aliphatic heterocycles. The lowest BCUT2D eigenvalue weighted by atomic mass is 10.0. The average Bonchev–Trinajstić information content (AvgIpc) is 2.99. The molecule has 2 heteroatoms. The van der Waals surface area contributed by atoms with Crippen LogP contribution in [0.3, 0.4) is 0 Å². The van der Waals surface area contributed by atoms with Crippen LogP contribution in [0.25, 0.3) is 21.8 Å². The van der Waals surface area contributed by atoms with Gasteiger partial charge in [0, 0.05) is 22.8 Å². The number of hydrogen-bond acceptors (Lipinski definition) is 1. The van der Waals surface area contributed by atoms with Gasteiger partial charge in [0.05, 0.1) is 11.2 Å². The Morgan fingerprint density at radius 3 is 2.39 bits per heavy atom. The molecule has 23 heavy (non-hydrogen) atoms. The molecule has 0 saturated carbocycles. The number of aromatic nitrogens is 1. The summed E-state index contributed by atoms with van der Waals surface area (Å²) in [6.07, 6.45) is 0. The van der Waals surface area contributed by atoms with Crippen molar-refractivity contribution in [2.24, 2.45) is 0 Å². The van der Waals surface area contributed by atoms with Gasteiger partial charge in [-0.1, -0.05) is 54.6 Å². The first-order valence-corrected chi connectivity index (χ1v) is 8.02. The van der Waals surface area contributed by atoms with Crippen LogP contribution in [-0.4, -0.2) is 4.98 Å². The van der Waals surface area contributed by atoms with Crippen molar-refractivity contribution in [1.82, 2.24) is 4.98 Å². The summed E-state index contributed by atoms with van der Waals surface area (Å²) < 4.78 is 0. The summed E-state index contributed by atoms with van der Waals surface area (Å²) in [5.41, 5.74) is 7.48. The lowest BCUT2D eigenvalue weighted by Crippen LogP contribution is -1.99. The predicted octanol–water partition coefficient (Wildman–Crippen LogP) is 5.55. The van der Waals surface area contributed by atoms with E-state index in [-0.39, 0.29) is 0 Å². The Balaban J connectivity index is 1.82. The number of aromatic amines is 1. The van der Waals surface area contributed by atoms with Gasteiger partial charge in [0.15, 0.2) is 0 Å². The van der Waals surface area contributed by atoms with E-state index in [2.05, 4.69) is 78.7 Å². The summed E-state index contributed by atoms with van der Waals surface area (Å²) in [6, 6.07) is 21.4. The second-order valence-electron chi connectivity index (χ2n) is 6.14. The number of anilines is 1. The quantitative estimate of drug-likeness (QED) is 0.510. The lowest BCUT2D eigenvalue weighted by molar-refractivity contribution is 1.15. The van der Waals surface area contributed by atoms with Crippen LogP contribution in [0.4, 0.5) is 5.69 Å². The molecule has 0 radical (unpaired) electrons. The third-order valence-electron chi connectivity index (χ3n) is 4.53. The van der Waals surface area contributed by atoms with E-state index in [1.807, 2.05) is 6.07 Å². The molecule has 0 aliphatic rings. The van der Waals surface area contributed by atoms with E-state index in [4.69, 9.17) is 0 Å². The second-order valence-corrected chi connectivity index (χ2v) is 6.14. The summed E-state index contributed by atoms with van der Waals surface area (Å²) >= 11 is 0. The number of benzene rings is 3. The highest BCUT2D eigenvalue weighted by Gasteiger charge is 2.11. The minimum absolute atomic E-state index is 0.827. The summed E-state index contributed by atoms with van der Waals surface area (Å²) in [5.74, 6) is 0. The molecule has 3 aromatic carbocycles. The molecule has 4 rings (SSSR count). The van der Waals surface area contributed by atoms with Gasteiger partial charge in [-0.15, -0.1) is 0 Å². The summed E-state index contributed by atoms with van der Waals surface area (Å²) in [6.45, 7) is 5.17. The Morgan fingerprint density at radius 2 is 1.57 bits per heavy atom. The van der Waals surface area contributed by atoms with Crippen LogP contribution in [0.1, 0.15) is 16.7 Å². The molecule has 0 saturated heterocycles. The number of H-pyrrole nitrogens is 1. The van der Waals surface area contributed by atoms with Crippen molar-refractivity contribution in [3.63, 3.8) is 0 Å². The van der Waals surface area contributed by atoms with Crippen LogP contribution in [-0.2, 0) is 6.54 Å². The highest BCUT2D eigenvalue weighted by Crippen LogP contribution is 2.33. The number of nitrogens with one attached hydrogen (secondary N) is 2. The molecule has 1 heterocycles. The van der Waals surface area contributed by atoms with Crippen LogP contribution in [0, 0.1) is 13.8 Å². The fraction of sp³-hybridized carbons (Fsp3) is 0.143. The zero-order valence-corrected chi connectivity index (χ0v) is 13.5. The first kappa shape index (κ1) is 13.9. The minimum atomic E-state index is 0.827. The Morgan fingerprint density at radius 1 is 0.783 bits per heavy atom. The Labute approximate surface area is 136 Å². The topological polar surface area (TPSA) is 27.8 Å². The molecule has 2 N–H and O–H groups in total. The summed E-state index contributed by atoms with van der Waals surface area (Å²) in [7, 11) is 0. The van der Waals surface area contributed by atoms with Crippen LogP contribution in [0.15, 0.2) is 60.7 Å². The van der Waals surface area contributed by atoms with Crippen molar-refractivity contribution >= 4 is 27.5 Å². The van der Waals surface area contributed by atoms with Crippen molar-refractivity contribution in [2.75, 3.05) is 5.32 Å². The minimum Gasteiger partial charge on any atom is -0.379 e. The number of fused-ring (bicyclic) bond motifs is 3. The largest absolute Gasteiger partial charge is 0.379 e. The van der Waals surface area contributed by atoms with Crippen LogP contribution < -0.4 is 5.32 Å². The molecule has 0 unspecified atom stereocenters. The van der Waals surface area contributed by atoms with E-state index in [1.165, 1.54) is 38.5 Å². The molecule has 0 bridgehead atoms. The van der Waals surface area contributed by atoms with Crippen molar-refractivity contribution in [3.05, 3.63) is 77.4 Å². The van der Waals surface area contributed by atoms with E-state index >= 15 is 0 Å². The number of rotatable bonds is 3. The molecule has 2 nitrogen and oxygen atoms in total. The average molecular weight is 300 g/mol. The van der Waals surface area contributed by atoms with Crippen molar-refractivity contribution < 1.29 is 0 Å². The molecule has 0 spiro atoms. The lowest BCUT2D eigenvalue weighted by Gasteiger charge is -2.07. The fourth-order valence-corrected chi connectivity index (χ4v) is 3.28. The smallest absolute Gasteiger partial charge is 0.0700 e. The van der Waals surface area contributed by atoms with E-state index in [9.17, 15) is 0 Å². The van der Waals surface area contributed by atoms with E-state index in [0.29, 0.717) is 0 Å². The predicted molar refractivity (Wildman–Crippen MR) is 99.0 cm³/mol. The Hall–Kier alpha value is -2.74. The van der Waals surface area contributed by atoms with Gasteiger partial charge >= 0.3 is 0 Å². The number of aryl methyl sites for hydroxylation is 2. The normalized spacial score (nSPS) is 11.2. The van der Waals surface area contributed by atoms with E-state index < -0.39 is 0 Å². The molecule has 1 aromatic heterocycles. The maximum Gasteiger partial charge on any atom is 0.0700 e. The van der Waals surface area contributed by atoms with Crippen LogP contribution in [0.2, 0.25) is 0 Å². The maximum atomic E-state index is 3.63. The molecule has 0 fully saturated rings. The Kier molecular flexibility index (Phi) is 3.30. The third kappa shape index (κ3) is 2.36. The summed E-state index contributed by atoms with van der Waals surface area (Å²) in [4.78, 5) is 3.63. The monoisotopic (exact) mass is 300 g/mol. The van der Waals surface area contributed by atoms with Crippen molar-refractivity contribution in [1.29, 1.82) is 0 Å². The van der Waals surface area contributed by atoms with E-state index in [1.54, 1.807) is 0 Å². The third-order valence-corrected chi connectivity index (χ3v) is 4.53. The summed E-state index contributed by atoms with van der Waals surface area (Å²) in [5, 5.41) is 6.20. The molecule has 0 amide bonds. The number of para-hydroxylation sites is 1. The van der Waals surface area contributed by atoms with Crippen molar-refractivity contribution in [2.45, 2.75) is 20.4 Å². The molecule has 4 aromatic rings. The second kappa shape index (κ2) is 5.47. The standard InChI is InChI=1S/C21H20N2/c1-14-11-12-15(2)20-19(14)17-9-6-10-18(21(17)23-20)22-13-16-7-4-3-5-8-16/h3-12,22-23H,13H2,1-2H3. The molecular formula is C21H20N2. The SMILES string of the molecule is Cc1ccc(C)c2c1[nH]c1c(NCc3ccccc3)cccc12. The first-order valence-electron chi connectivity index (χ1n) is 8.02. The van der Waals surface area contributed by atoms with Gasteiger partial charge in [-0.3, -0.25) is 0 Å². The Bertz CT molecular complexity index is 981. The molecule has 0 atom stereocenters. The highest BCUT2D eigenvalue weighted by atomic mass is 14.9. The molecular weight excluding hydrogens is 280 g/mol. The van der Waals surface area contributed by atoms with Gasteiger partial charge in [0.25, 0.3) is 0 Å².